The van der Waals surface area contributed by atoms with E-state index in [0.29, 0.717) is 10.7 Å². The van der Waals surface area contributed by atoms with E-state index in [-0.39, 0.29) is 24.3 Å². The summed E-state index contributed by atoms with van der Waals surface area (Å²) in [6, 6.07) is 8.09. The Labute approximate surface area is 147 Å². The fraction of sp³-hybridized carbons (Fsp3) is 0.188. The Bertz CT molecular complexity index is 775. The maximum Gasteiger partial charge on any atom is 0.340 e. The molecule has 25 heavy (non-hydrogen) atoms. The van der Waals surface area contributed by atoms with E-state index in [1.165, 1.54) is 6.07 Å². The van der Waals surface area contributed by atoms with E-state index >= 15 is 0 Å². The number of hydrogen-bond acceptors (Lipinski definition) is 7. The van der Waals surface area contributed by atoms with Gasteiger partial charge in [0.15, 0.2) is 6.61 Å². The van der Waals surface area contributed by atoms with Crippen molar-refractivity contribution in [3.63, 3.8) is 0 Å². The summed E-state index contributed by atoms with van der Waals surface area (Å²) in [6.07, 6.45) is 0. The Balaban J connectivity index is 1.94. The second-order valence-corrected chi connectivity index (χ2v) is 5.76. The molecule has 1 aromatic heterocycles. The third-order valence-electron chi connectivity index (χ3n) is 3.09. The molecule has 2 aromatic rings. The number of carbonyl (C=O) groups excluding carboxylic acids is 3. The SMILES string of the molecule is NC(=O)c1ccsc1NC(=O)COC(=O)c1ccccc1NCCO. The Kier molecular flexibility index (Phi) is 6.49. The summed E-state index contributed by atoms with van der Waals surface area (Å²) in [7, 11) is 0. The summed E-state index contributed by atoms with van der Waals surface area (Å²) in [6.45, 7) is -0.322. The quantitative estimate of drug-likeness (QED) is 0.519. The molecule has 0 aliphatic carbocycles. The van der Waals surface area contributed by atoms with Crippen LogP contribution in [0.3, 0.4) is 0 Å². The first-order chi connectivity index (χ1) is 12.0. The largest absolute Gasteiger partial charge is 0.452 e. The lowest BCUT2D eigenvalue weighted by atomic mass is 10.2. The minimum absolute atomic E-state index is 0.0885. The van der Waals surface area contributed by atoms with Gasteiger partial charge in [0.25, 0.3) is 11.8 Å². The molecule has 9 heteroatoms. The van der Waals surface area contributed by atoms with Crippen molar-refractivity contribution in [2.45, 2.75) is 0 Å². The molecule has 132 valence electrons. The number of anilines is 2. The van der Waals surface area contributed by atoms with Gasteiger partial charge < -0.3 is 26.2 Å². The minimum atomic E-state index is -0.683. The molecule has 0 saturated carbocycles. The molecule has 0 saturated heterocycles. The van der Waals surface area contributed by atoms with Gasteiger partial charge in [-0.2, -0.15) is 0 Å². The molecule has 0 fully saturated rings. The first-order valence-electron chi connectivity index (χ1n) is 7.31. The van der Waals surface area contributed by atoms with Gasteiger partial charge in [0.05, 0.1) is 17.7 Å². The molecular formula is C16H17N3O5S. The Morgan fingerprint density at radius 3 is 2.64 bits per heavy atom. The first-order valence-corrected chi connectivity index (χ1v) is 8.19. The molecule has 0 spiro atoms. The third-order valence-corrected chi connectivity index (χ3v) is 3.92. The van der Waals surface area contributed by atoms with Crippen molar-refractivity contribution in [1.29, 1.82) is 0 Å². The highest BCUT2D eigenvalue weighted by Crippen LogP contribution is 2.22. The third kappa shape index (κ3) is 5.03. The zero-order valence-corrected chi connectivity index (χ0v) is 14.0. The number of esters is 1. The Hall–Kier alpha value is -2.91. The molecule has 5 N–H and O–H groups in total. The average molecular weight is 363 g/mol. The lowest BCUT2D eigenvalue weighted by Crippen LogP contribution is -2.22. The summed E-state index contributed by atoms with van der Waals surface area (Å²) in [5.41, 5.74) is 6.14. The highest BCUT2D eigenvalue weighted by molar-refractivity contribution is 7.14. The standard InChI is InChI=1S/C16H17N3O5S/c17-14(22)11-5-8-25-15(11)19-13(21)9-24-16(23)10-3-1-2-4-12(10)18-6-7-20/h1-5,8,18,20H,6-7,9H2,(H2,17,22)(H,19,21). The minimum Gasteiger partial charge on any atom is -0.452 e. The van der Waals surface area contributed by atoms with Gasteiger partial charge >= 0.3 is 5.97 Å². The number of aliphatic hydroxyl groups excluding tert-OH is 1. The molecule has 1 heterocycles. The maximum absolute atomic E-state index is 12.1. The Morgan fingerprint density at radius 1 is 1.16 bits per heavy atom. The van der Waals surface area contributed by atoms with Gasteiger partial charge in [0.1, 0.15) is 5.00 Å². The lowest BCUT2D eigenvalue weighted by molar-refractivity contribution is -0.119. The summed E-state index contributed by atoms with van der Waals surface area (Å²) in [5.74, 6) is -1.92. The number of carbonyl (C=O) groups is 3. The molecule has 2 rings (SSSR count). The first kappa shape index (κ1) is 18.4. The van der Waals surface area contributed by atoms with Gasteiger partial charge in [-0.1, -0.05) is 12.1 Å². The predicted octanol–water partition coefficient (Wildman–Crippen LogP) is 1.05. The van der Waals surface area contributed by atoms with E-state index in [4.69, 9.17) is 15.6 Å². The van der Waals surface area contributed by atoms with Crippen molar-refractivity contribution in [3.05, 3.63) is 46.8 Å². The molecule has 8 nitrogen and oxygen atoms in total. The van der Waals surface area contributed by atoms with Crippen LogP contribution < -0.4 is 16.4 Å². The van der Waals surface area contributed by atoms with Crippen LogP contribution >= 0.6 is 11.3 Å². The molecule has 0 bridgehead atoms. The fourth-order valence-electron chi connectivity index (χ4n) is 1.98. The molecule has 2 amide bonds. The zero-order valence-electron chi connectivity index (χ0n) is 13.2. The Morgan fingerprint density at radius 2 is 1.92 bits per heavy atom. The second kappa shape index (κ2) is 8.81. The molecule has 0 atom stereocenters. The second-order valence-electron chi connectivity index (χ2n) is 4.85. The fourth-order valence-corrected chi connectivity index (χ4v) is 2.79. The lowest BCUT2D eigenvalue weighted by Gasteiger charge is -2.11. The molecule has 0 aliphatic heterocycles. The number of aliphatic hydroxyl groups is 1. The van der Waals surface area contributed by atoms with Crippen LogP contribution in [0.25, 0.3) is 0 Å². The number of para-hydroxylation sites is 1. The van der Waals surface area contributed by atoms with E-state index in [9.17, 15) is 14.4 Å². The van der Waals surface area contributed by atoms with Gasteiger partial charge in [-0.15, -0.1) is 11.3 Å². The van der Waals surface area contributed by atoms with E-state index < -0.39 is 24.4 Å². The summed E-state index contributed by atoms with van der Waals surface area (Å²) >= 11 is 1.14. The number of primary amides is 1. The predicted molar refractivity (Wildman–Crippen MR) is 93.8 cm³/mol. The number of amides is 2. The number of nitrogens with one attached hydrogen (secondary N) is 2. The van der Waals surface area contributed by atoms with E-state index in [2.05, 4.69) is 10.6 Å². The van der Waals surface area contributed by atoms with Crippen molar-refractivity contribution < 1.29 is 24.2 Å². The number of ether oxygens (including phenoxy) is 1. The van der Waals surface area contributed by atoms with Crippen molar-refractivity contribution >= 4 is 39.8 Å². The van der Waals surface area contributed by atoms with Gasteiger partial charge in [-0.3, -0.25) is 9.59 Å². The van der Waals surface area contributed by atoms with Gasteiger partial charge in [-0.25, -0.2) is 4.79 Å². The topological polar surface area (TPSA) is 131 Å². The molecule has 0 aliphatic rings. The van der Waals surface area contributed by atoms with Crippen molar-refractivity contribution in [2.24, 2.45) is 5.73 Å². The van der Waals surface area contributed by atoms with Crippen LogP contribution in [0.15, 0.2) is 35.7 Å². The highest BCUT2D eigenvalue weighted by atomic mass is 32.1. The average Bonchev–Trinajstić information content (AvgIpc) is 3.06. The van der Waals surface area contributed by atoms with E-state index in [0.717, 1.165) is 11.3 Å². The number of hydrogen-bond donors (Lipinski definition) is 4. The number of rotatable bonds is 8. The van der Waals surface area contributed by atoms with Crippen molar-refractivity contribution in [1.82, 2.24) is 0 Å². The molecule has 0 radical (unpaired) electrons. The van der Waals surface area contributed by atoms with Gasteiger partial charge in [-0.05, 0) is 23.6 Å². The van der Waals surface area contributed by atoms with Crippen LogP contribution in [0, 0.1) is 0 Å². The molecular weight excluding hydrogens is 346 g/mol. The normalized spacial score (nSPS) is 10.1. The number of benzene rings is 1. The number of thiophene rings is 1. The van der Waals surface area contributed by atoms with Crippen LogP contribution in [-0.2, 0) is 9.53 Å². The van der Waals surface area contributed by atoms with Crippen molar-refractivity contribution in [2.75, 3.05) is 30.4 Å². The van der Waals surface area contributed by atoms with Crippen LogP contribution in [0.1, 0.15) is 20.7 Å². The summed E-state index contributed by atoms with van der Waals surface area (Å²) < 4.78 is 4.99. The monoisotopic (exact) mass is 363 g/mol. The van der Waals surface area contributed by atoms with Crippen LogP contribution in [0.5, 0.6) is 0 Å². The maximum atomic E-state index is 12.1. The summed E-state index contributed by atoms with van der Waals surface area (Å²) in [5, 5.41) is 16.1. The van der Waals surface area contributed by atoms with E-state index in [1.807, 2.05) is 0 Å². The molecule has 0 unspecified atom stereocenters. The summed E-state index contributed by atoms with van der Waals surface area (Å²) in [4.78, 5) is 35.2. The van der Waals surface area contributed by atoms with Crippen LogP contribution in [-0.4, -0.2) is 42.6 Å². The zero-order chi connectivity index (χ0) is 18.2. The van der Waals surface area contributed by atoms with Gasteiger partial charge in [0.2, 0.25) is 0 Å². The van der Waals surface area contributed by atoms with Gasteiger partial charge in [0, 0.05) is 12.2 Å². The van der Waals surface area contributed by atoms with Crippen LogP contribution in [0.4, 0.5) is 10.7 Å². The molecule has 1 aromatic carbocycles. The smallest absolute Gasteiger partial charge is 0.340 e. The van der Waals surface area contributed by atoms with Crippen molar-refractivity contribution in [3.8, 4) is 0 Å². The van der Waals surface area contributed by atoms with Crippen LogP contribution in [0.2, 0.25) is 0 Å². The number of nitrogens with two attached hydrogens (primary N) is 1. The van der Waals surface area contributed by atoms with E-state index in [1.54, 1.807) is 29.6 Å². The highest BCUT2D eigenvalue weighted by Gasteiger charge is 2.16.